The summed E-state index contributed by atoms with van der Waals surface area (Å²) in [5.41, 5.74) is 2.61. The average molecular weight is 588 g/mol. The Bertz CT molecular complexity index is 1850. The van der Waals surface area contributed by atoms with Crippen molar-refractivity contribution >= 4 is 17.0 Å². The summed E-state index contributed by atoms with van der Waals surface area (Å²) in [5, 5.41) is 9.52. The van der Waals surface area contributed by atoms with Crippen LogP contribution in [0.4, 0.5) is 13.2 Å². The van der Waals surface area contributed by atoms with Crippen LogP contribution in [0.1, 0.15) is 51.8 Å². The van der Waals surface area contributed by atoms with Crippen molar-refractivity contribution in [2.45, 2.75) is 44.9 Å². The Morgan fingerprint density at radius 1 is 0.953 bits per heavy atom. The van der Waals surface area contributed by atoms with Crippen molar-refractivity contribution in [1.82, 2.24) is 14.5 Å². The van der Waals surface area contributed by atoms with E-state index in [1.54, 1.807) is 50.4 Å². The molecule has 10 heteroatoms. The van der Waals surface area contributed by atoms with E-state index >= 15 is 8.78 Å². The second-order valence-electron chi connectivity index (χ2n) is 10.7. The monoisotopic (exact) mass is 587 g/mol. The van der Waals surface area contributed by atoms with E-state index in [0.29, 0.717) is 22.4 Å². The predicted octanol–water partition coefficient (Wildman–Crippen LogP) is 7.04. The fourth-order valence-corrected chi connectivity index (χ4v) is 5.45. The van der Waals surface area contributed by atoms with Gasteiger partial charge in [0, 0.05) is 30.7 Å². The highest BCUT2D eigenvalue weighted by Gasteiger charge is 2.35. The second kappa shape index (κ2) is 11.5. The molecule has 0 bridgehead atoms. The molecule has 1 saturated carbocycles. The van der Waals surface area contributed by atoms with Crippen LogP contribution in [-0.4, -0.2) is 38.8 Å². The molecule has 6 rings (SSSR count). The van der Waals surface area contributed by atoms with Gasteiger partial charge in [-0.3, -0.25) is 0 Å². The lowest BCUT2D eigenvalue weighted by Gasteiger charge is -2.37. The fraction of sp³-hybridized carbons (Fsp3) is 0.242. The number of ether oxygens (including phenoxy) is 2. The number of pyridine rings is 1. The number of methoxy groups -OCH3 is 1. The van der Waals surface area contributed by atoms with Gasteiger partial charge in [0.15, 0.2) is 0 Å². The summed E-state index contributed by atoms with van der Waals surface area (Å²) in [5.74, 6) is -2.17. The molecule has 0 spiro atoms. The summed E-state index contributed by atoms with van der Waals surface area (Å²) >= 11 is 0. The molecule has 2 atom stereocenters. The average Bonchev–Trinajstić information content (AvgIpc) is 3.30. The number of hydrogen-bond acceptors (Lipinski definition) is 5. The van der Waals surface area contributed by atoms with Crippen LogP contribution in [0.5, 0.6) is 5.88 Å². The highest BCUT2D eigenvalue weighted by molar-refractivity contribution is 5.92. The number of rotatable bonds is 9. The summed E-state index contributed by atoms with van der Waals surface area (Å²) in [7, 11) is 1.61. The molecule has 7 nitrogen and oxygen atoms in total. The van der Waals surface area contributed by atoms with Gasteiger partial charge in [-0.25, -0.2) is 27.9 Å². The standard InChI is InChI=1S/C33H28F3N3O4/c1-18-6-7-20(23(34)12-18)17-43-32-5-3-4-26(38-32)22-16-24(35)21(13-25(22)36)15-31-37-27-9-8-19(33(40)41)14-29(27)39(31)28-10-11-30(28)42-2/h3-9,12-14,16,28,30H,10-11,15,17H2,1-2H3,(H,40,41)/t28-,30-/m0/s1. The Hall–Kier alpha value is -4.70. The van der Waals surface area contributed by atoms with Gasteiger partial charge in [0.2, 0.25) is 5.88 Å². The van der Waals surface area contributed by atoms with Crippen LogP contribution in [0.15, 0.2) is 66.7 Å². The minimum atomic E-state index is -1.07. The molecular weight excluding hydrogens is 559 g/mol. The normalized spacial score (nSPS) is 16.3. The number of hydrogen-bond donors (Lipinski definition) is 1. The molecule has 1 aliphatic carbocycles. The minimum Gasteiger partial charge on any atom is -0.478 e. The van der Waals surface area contributed by atoms with Gasteiger partial charge >= 0.3 is 5.97 Å². The van der Waals surface area contributed by atoms with Gasteiger partial charge in [0.1, 0.15) is 29.9 Å². The van der Waals surface area contributed by atoms with Crippen molar-refractivity contribution in [2.75, 3.05) is 7.11 Å². The van der Waals surface area contributed by atoms with E-state index in [4.69, 9.17) is 9.47 Å². The number of carboxylic acids is 1. The van der Waals surface area contributed by atoms with Gasteiger partial charge < -0.3 is 19.1 Å². The smallest absolute Gasteiger partial charge is 0.335 e. The molecule has 1 aliphatic rings. The number of carboxylic acid groups (broad SMARTS) is 1. The maximum absolute atomic E-state index is 15.5. The number of aromatic nitrogens is 3. The summed E-state index contributed by atoms with van der Waals surface area (Å²) in [6.07, 6.45) is 1.49. The Kier molecular flexibility index (Phi) is 7.62. The van der Waals surface area contributed by atoms with Crippen molar-refractivity contribution < 1.29 is 32.5 Å². The van der Waals surface area contributed by atoms with Gasteiger partial charge in [-0.1, -0.05) is 18.2 Å². The fourth-order valence-electron chi connectivity index (χ4n) is 5.45. The van der Waals surface area contributed by atoms with Crippen molar-refractivity contribution in [3.8, 4) is 17.1 Å². The van der Waals surface area contributed by atoms with E-state index in [-0.39, 0.29) is 53.4 Å². The van der Waals surface area contributed by atoms with Crippen LogP contribution in [0, 0.1) is 24.4 Å². The Balaban J connectivity index is 1.29. The lowest BCUT2D eigenvalue weighted by Crippen LogP contribution is -2.36. The molecule has 1 fully saturated rings. The number of imidazole rings is 1. The second-order valence-corrected chi connectivity index (χ2v) is 10.7. The van der Waals surface area contributed by atoms with Crippen molar-refractivity contribution in [3.63, 3.8) is 0 Å². The van der Waals surface area contributed by atoms with E-state index in [2.05, 4.69) is 9.97 Å². The third-order valence-electron chi connectivity index (χ3n) is 7.89. The van der Waals surface area contributed by atoms with E-state index < -0.39 is 23.4 Å². The number of aryl methyl sites for hydroxylation is 1. The van der Waals surface area contributed by atoms with E-state index in [9.17, 15) is 14.3 Å². The molecule has 3 aromatic carbocycles. The van der Waals surface area contributed by atoms with Crippen molar-refractivity contribution in [3.05, 3.63) is 112 Å². The van der Waals surface area contributed by atoms with E-state index in [1.165, 1.54) is 18.2 Å². The lowest BCUT2D eigenvalue weighted by molar-refractivity contribution is -0.00838. The minimum absolute atomic E-state index is 0.0221. The van der Waals surface area contributed by atoms with Gasteiger partial charge in [0.05, 0.1) is 34.4 Å². The first-order chi connectivity index (χ1) is 20.7. The predicted molar refractivity (Wildman–Crippen MR) is 154 cm³/mol. The molecule has 2 aromatic heterocycles. The topological polar surface area (TPSA) is 86.5 Å². The summed E-state index contributed by atoms with van der Waals surface area (Å²) in [6.45, 7) is 1.72. The third kappa shape index (κ3) is 5.58. The highest BCUT2D eigenvalue weighted by atomic mass is 19.1. The van der Waals surface area contributed by atoms with Crippen LogP contribution in [-0.2, 0) is 17.8 Å². The SMILES string of the molecule is CO[C@H]1CC[C@@H]1n1c(Cc2cc(F)c(-c3cccc(OCc4ccc(C)cc4F)n3)cc2F)nc2ccc(C(=O)O)cc21. The lowest BCUT2D eigenvalue weighted by atomic mass is 9.88. The van der Waals surface area contributed by atoms with E-state index in [1.807, 2.05) is 4.57 Å². The molecule has 0 unspecified atom stereocenters. The molecule has 0 aliphatic heterocycles. The Morgan fingerprint density at radius 2 is 1.77 bits per heavy atom. The molecule has 0 amide bonds. The van der Waals surface area contributed by atoms with Crippen LogP contribution in [0.3, 0.4) is 0 Å². The summed E-state index contributed by atoms with van der Waals surface area (Å²) in [4.78, 5) is 20.6. The molecule has 0 radical (unpaired) electrons. The number of aromatic carboxylic acids is 1. The summed E-state index contributed by atoms with van der Waals surface area (Å²) in [6, 6.07) is 16.3. The largest absolute Gasteiger partial charge is 0.478 e. The van der Waals surface area contributed by atoms with Gasteiger partial charge in [-0.15, -0.1) is 0 Å². The zero-order chi connectivity index (χ0) is 30.2. The molecule has 2 heterocycles. The zero-order valence-corrected chi connectivity index (χ0v) is 23.5. The van der Waals surface area contributed by atoms with Crippen molar-refractivity contribution in [1.29, 1.82) is 0 Å². The highest BCUT2D eigenvalue weighted by Crippen LogP contribution is 2.39. The zero-order valence-electron chi connectivity index (χ0n) is 23.5. The molecule has 0 saturated heterocycles. The molecule has 5 aromatic rings. The number of benzene rings is 3. The van der Waals surface area contributed by atoms with Crippen molar-refractivity contribution in [2.24, 2.45) is 0 Å². The number of halogens is 3. The Morgan fingerprint density at radius 3 is 2.49 bits per heavy atom. The third-order valence-corrected chi connectivity index (χ3v) is 7.89. The molecule has 220 valence electrons. The van der Waals surface area contributed by atoms with Crippen LogP contribution >= 0.6 is 0 Å². The number of nitrogens with zero attached hydrogens (tertiary/aromatic N) is 3. The molecule has 43 heavy (non-hydrogen) atoms. The van der Waals surface area contributed by atoms with Gasteiger partial charge in [-0.2, -0.15) is 0 Å². The molecule has 1 N–H and O–H groups in total. The van der Waals surface area contributed by atoms with Crippen LogP contribution in [0.2, 0.25) is 0 Å². The first-order valence-electron chi connectivity index (χ1n) is 13.8. The maximum atomic E-state index is 15.5. The summed E-state index contributed by atoms with van der Waals surface area (Å²) < 4.78 is 58.3. The van der Waals surface area contributed by atoms with Crippen LogP contribution < -0.4 is 4.74 Å². The van der Waals surface area contributed by atoms with E-state index in [0.717, 1.165) is 30.5 Å². The Labute approximate surface area is 245 Å². The quantitative estimate of drug-likeness (QED) is 0.199. The maximum Gasteiger partial charge on any atom is 0.335 e. The van der Waals surface area contributed by atoms with Gasteiger partial charge in [0.25, 0.3) is 0 Å². The van der Waals surface area contributed by atoms with Crippen LogP contribution in [0.25, 0.3) is 22.3 Å². The molecular formula is C33H28F3N3O4. The first-order valence-corrected chi connectivity index (χ1v) is 13.8. The first kappa shape index (κ1) is 28.4. The number of carbonyl (C=O) groups is 1. The number of fused-ring (bicyclic) bond motifs is 1. The van der Waals surface area contributed by atoms with Gasteiger partial charge in [-0.05, 0) is 73.4 Å².